The molecule has 0 saturated carbocycles. The van der Waals surface area contributed by atoms with E-state index in [1.165, 1.54) is 0 Å². The summed E-state index contributed by atoms with van der Waals surface area (Å²) >= 11 is 0. The number of nitrogens with zero attached hydrogens (tertiary/aromatic N) is 2. The Morgan fingerprint density at radius 3 is 1.81 bits per heavy atom. The molecule has 0 spiro atoms. The minimum Gasteiger partial charge on any atom is -0.456 e. The third-order valence-corrected chi connectivity index (χ3v) is 6.52. The molecular weight excluding hydrogens is 454 g/mol. The van der Waals surface area contributed by atoms with Gasteiger partial charge in [-0.25, -0.2) is 4.99 Å². The summed E-state index contributed by atoms with van der Waals surface area (Å²) in [6, 6.07) is 41.0. The van der Waals surface area contributed by atoms with Gasteiger partial charge in [-0.05, 0) is 58.7 Å². The van der Waals surface area contributed by atoms with Gasteiger partial charge in [-0.2, -0.15) is 0 Å². The number of rotatable bonds is 4. The first-order chi connectivity index (χ1) is 18.2. The molecule has 4 nitrogen and oxygen atoms in total. The lowest BCUT2D eigenvalue weighted by Crippen LogP contribution is -2.16. The number of hydrogen-bond acceptors (Lipinski definition) is 2. The minimum absolute atomic E-state index is 0.403. The van der Waals surface area contributed by atoms with Crippen molar-refractivity contribution in [3.05, 3.63) is 132 Å². The molecule has 2 N–H and O–H groups in total. The molecule has 4 heteroatoms. The van der Waals surface area contributed by atoms with Gasteiger partial charge in [0.15, 0.2) is 5.84 Å². The topological polar surface area (TPSA) is 63.9 Å². The summed E-state index contributed by atoms with van der Waals surface area (Å²) in [6.45, 7) is 0. The Hall–Kier alpha value is -4.96. The van der Waals surface area contributed by atoms with Crippen LogP contribution in [0.3, 0.4) is 0 Å². The van der Waals surface area contributed by atoms with E-state index in [4.69, 9.17) is 15.1 Å². The normalized spacial score (nSPS) is 12.4. The van der Waals surface area contributed by atoms with Crippen LogP contribution in [0, 0.1) is 0 Å². The van der Waals surface area contributed by atoms with E-state index in [1.807, 2.05) is 66.7 Å². The summed E-state index contributed by atoms with van der Waals surface area (Å²) in [5, 5.41) is 2.16. The van der Waals surface area contributed by atoms with Crippen molar-refractivity contribution in [3.63, 3.8) is 0 Å². The number of nitrogens with two attached hydrogens (primary N) is 1. The highest BCUT2D eigenvalue weighted by atomic mass is 16.3. The molecule has 6 rings (SSSR count). The van der Waals surface area contributed by atoms with Gasteiger partial charge in [0.05, 0.1) is 0 Å². The number of amidine groups is 2. The Morgan fingerprint density at radius 2 is 1.16 bits per heavy atom. The van der Waals surface area contributed by atoms with Gasteiger partial charge in [0, 0.05) is 28.9 Å². The van der Waals surface area contributed by atoms with Gasteiger partial charge in [0.2, 0.25) is 0 Å². The van der Waals surface area contributed by atoms with Crippen LogP contribution in [-0.2, 0) is 0 Å². The number of para-hydroxylation sites is 1. The summed E-state index contributed by atoms with van der Waals surface area (Å²) in [5.41, 5.74) is 14.4. The Labute approximate surface area is 215 Å². The molecular formula is C33H25N3O. The van der Waals surface area contributed by atoms with Crippen LogP contribution in [0.25, 0.3) is 44.2 Å². The molecule has 6 aromatic rings. The Morgan fingerprint density at radius 1 is 0.568 bits per heavy atom. The second kappa shape index (κ2) is 9.59. The molecule has 0 bridgehead atoms. The van der Waals surface area contributed by atoms with Crippen LogP contribution in [0.5, 0.6) is 0 Å². The molecule has 1 heterocycles. The fourth-order valence-corrected chi connectivity index (χ4v) is 4.66. The van der Waals surface area contributed by atoms with Crippen molar-refractivity contribution in [2.75, 3.05) is 7.05 Å². The molecule has 0 atom stereocenters. The van der Waals surface area contributed by atoms with E-state index in [1.54, 1.807) is 7.05 Å². The van der Waals surface area contributed by atoms with Crippen LogP contribution in [0.15, 0.2) is 136 Å². The molecule has 0 radical (unpaired) electrons. The highest BCUT2D eigenvalue weighted by Crippen LogP contribution is 2.30. The van der Waals surface area contributed by atoms with E-state index < -0.39 is 0 Å². The smallest absolute Gasteiger partial charge is 0.156 e. The number of fused-ring (bicyclic) bond motifs is 3. The first-order valence-corrected chi connectivity index (χ1v) is 12.2. The quantitative estimate of drug-likeness (QED) is 0.208. The van der Waals surface area contributed by atoms with Gasteiger partial charge >= 0.3 is 0 Å². The van der Waals surface area contributed by atoms with Crippen LogP contribution in [0.1, 0.15) is 11.1 Å². The van der Waals surface area contributed by atoms with Crippen molar-refractivity contribution in [1.82, 2.24) is 0 Å². The molecule has 0 amide bonds. The predicted octanol–water partition coefficient (Wildman–Crippen LogP) is 7.70. The molecule has 0 aliphatic carbocycles. The Balaban J connectivity index is 1.43. The zero-order chi connectivity index (χ0) is 25.2. The molecule has 0 unspecified atom stereocenters. The average molecular weight is 480 g/mol. The number of furan rings is 1. The molecule has 0 saturated heterocycles. The number of aliphatic imine (C=N–C) groups is 2. The van der Waals surface area contributed by atoms with E-state index in [9.17, 15) is 0 Å². The predicted molar refractivity (Wildman–Crippen MR) is 154 cm³/mol. The Bertz CT molecular complexity index is 1720. The maximum atomic E-state index is 6.62. The van der Waals surface area contributed by atoms with Gasteiger partial charge < -0.3 is 10.2 Å². The van der Waals surface area contributed by atoms with E-state index >= 15 is 0 Å². The third-order valence-electron chi connectivity index (χ3n) is 6.52. The van der Waals surface area contributed by atoms with Crippen LogP contribution >= 0.6 is 0 Å². The average Bonchev–Trinajstić information content (AvgIpc) is 3.34. The lowest BCUT2D eigenvalue weighted by atomic mass is 9.96. The van der Waals surface area contributed by atoms with Gasteiger partial charge in [-0.1, -0.05) is 84.9 Å². The highest BCUT2D eigenvalue weighted by Gasteiger charge is 2.12. The first kappa shape index (κ1) is 22.5. The molecule has 0 aliphatic rings. The van der Waals surface area contributed by atoms with Crippen molar-refractivity contribution in [1.29, 1.82) is 0 Å². The second-order valence-corrected chi connectivity index (χ2v) is 8.88. The third kappa shape index (κ3) is 4.41. The van der Waals surface area contributed by atoms with Crippen LogP contribution < -0.4 is 5.73 Å². The summed E-state index contributed by atoms with van der Waals surface area (Å²) in [5.74, 6) is 0.950. The minimum atomic E-state index is 0.403. The van der Waals surface area contributed by atoms with E-state index in [0.29, 0.717) is 11.7 Å². The second-order valence-electron chi connectivity index (χ2n) is 8.88. The van der Waals surface area contributed by atoms with Crippen molar-refractivity contribution >= 4 is 33.6 Å². The van der Waals surface area contributed by atoms with Gasteiger partial charge in [-0.3, -0.25) is 4.99 Å². The SMILES string of the molecule is CN=C(N=C(N)c1cc(-c2ccccc2)cc(-c2ccccc2)c1)c1ccc2c(c1)oc1ccccc12. The monoisotopic (exact) mass is 479 g/mol. The number of benzene rings is 5. The largest absolute Gasteiger partial charge is 0.456 e. The maximum Gasteiger partial charge on any atom is 0.156 e. The zero-order valence-electron chi connectivity index (χ0n) is 20.4. The summed E-state index contributed by atoms with van der Waals surface area (Å²) < 4.78 is 6.07. The number of hydrogen-bond donors (Lipinski definition) is 1. The van der Waals surface area contributed by atoms with E-state index in [0.717, 1.165) is 55.3 Å². The van der Waals surface area contributed by atoms with Gasteiger partial charge in [0.1, 0.15) is 17.0 Å². The summed E-state index contributed by atoms with van der Waals surface area (Å²) in [7, 11) is 1.73. The van der Waals surface area contributed by atoms with Crippen LogP contribution in [-0.4, -0.2) is 18.7 Å². The fraction of sp³-hybridized carbons (Fsp3) is 0.0303. The van der Waals surface area contributed by atoms with Crippen molar-refractivity contribution < 1.29 is 4.42 Å². The zero-order valence-corrected chi connectivity index (χ0v) is 20.4. The summed E-state index contributed by atoms with van der Waals surface area (Å²) in [6.07, 6.45) is 0. The van der Waals surface area contributed by atoms with Crippen molar-refractivity contribution in [2.24, 2.45) is 15.7 Å². The van der Waals surface area contributed by atoms with Crippen LogP contribution in [0.2, 0.25) is 0 Å². The van der Waals surface area contributed by atoms with Gasteiger partial charge in [-0.15, -0.1) is 0 Å². The van der Waals surface area contributed by atoms with E-state index in [-0.39, 0.29) is 0 Å². The van der Waals surface area contributed by atoms with Crippen molar-refractivity contribution in [3.8, 4) is 22.3 Å². The standard InChI is InChI=1S/C33H25N3O/c1-35-33(24-16-17-29-28-14-8-9-15-30(28)37-31(29)21-24)36-32(34)27-19-25(22-10-4-2-5-11-22)18-26(20-27)23-12-6-3-7-13-23/h2-21H,1H3,(H2,34,35,36). The van der Waals surface area contributed by atoms with Crippen LogP contribution in [0.4, 0.5) is 0 Å². The highest BCUT2D eigenvalue weighted by molar-refractivity contribution is 6.13. The molecule has 0 aliphatic heterocycles. The van der Waals surface area contributed by atoms with Gasteiger partial charge in [0.25, 0.3) is 0 Å². The molecule has 1 aromatic heterocycles. The molecule has 37 heavy (non-hydrogen) atoms. The summed E-state index contributed by atoms with van der Waals surface area (Å²) in [4.78, 5) is 9.22. The van der Waals surface area contributed by atoms with Crippen molar-refractivity contribution in [2.45, 2.75) is 0 Å². The lowest BCUT2D eigenvalue weighted by Gasteiger charge is -2.11. The maximum absolute atomic E-state index is 6.62. The fourth-order valence-electron chi connectivity index (χ4n) is 4.66. The molecule has 5 aromatic carbocycles. The Kier molecular flexibility index (Phi) is 5.83. The molecule has 0 fully saturated rings. The first-order valence-electron chi connectivity index (χ1n) is 12.2. The molecule has 178 valence electrons. The van der Waals surface area contributed by atoms with E-state index in [2.05, 4.69) is 59.6 Å². The lowest BCUT2D eigenvalue weighted by molar-refractivity contribution is 0.669.